The van der Waals surface area contributed by atoms with Crippen molar-refractivity contribution < 1.29 is 18.3 Å². The van der Waals surface area contributed by atoms with E-state index < -0.39 is 23.6 Å². The Labute approximate surface area is 246 Å². The first-order valence-corrected chi connectivity index (χ1v) is 14.8. The highest BCUT2D eigenvalue weighted by Gasteiger charge is 2.33. The first-order chi connectivity index (χ1) is 20.3. The average molecular weight is 589 g/mol. The molecule has 2 aromatic heterocycles. The van der Waals surface area contributed by atoms with E-state index in [0.29, 0.717) is 35.4 Å². The van der Waals surface area contributed by atoms with E-state index in [0.717, 1.165) is 35.0 Å². The van der Waals surface area contributed by atoms with Crippen molar-refractivity contribution in [1.82, 2.24) is 19.8 Å². The summed E-state index contributed by atoms with van der Waals surface area (Å²) in [5.41, 5.74) is 1.72. The summed E-state index contributed by atoms with van der Waals surface area (Å²) in [6.45, 7) is 5.22. The first kappa shape index (κ1) is 28.0. The number of anilines is 1. The lowest BCUT2D eigenvalue weighted by atomic mass is 9.99. The van der Waals surface area contributed by atoms with E-state index in [1.54, 1.807) is 17.4 Å². The Hall–Kier alpha value is -4.14. The summed E-state index contributed by atoms with van der Waals surface area (Å²) in [6.07, 6.45) is 2.11. The lowest BCUT2D eigenvalue weighted by Crippen LogP contribution is -2.55. The number of carbonyl (C=O) groups is 1. The number of nitrogens with zero attached hydrogens (tertiary/aromatic N) is 6. The molecule has 6 rings (SSSR count). The molecule has 11 heteroatoms. The van der Waals surface area contributed by atoms with Crippen LogP contribution in [-0.4, -0.2) is 77.6 Å². The molecule has 216 valence electrons. The third kappa shape index (κ3) is 5.28. The van der Waals surface area contributed by atoms with Gasteiger partial charge in [0.25, 0.3) is 5.91 Å². The summed E-state index contributed by atoms with van der Waals surface area (Å²) in [5, 5.41) is 12.9. The highest BCUT2D eigenvalue weighted by atomic mass is 32.1. The summed E-state index contributed by atoms with van der Waals surface area (Å²) in [5.74, 6) is -1.86. The first-order valence-electron chi connectivity index (χ1n) is 13.9. The summed E-state index contributed by atoms with van der Waals surface area (Å²) in [7, 11) is 2.07. The molecular weight excluding hydrogens is 558 g/mol. The Morgan fingerprint density at radius 3 is 2.79 bits per heavy atom. The smallest absolute Gasteiger partial charge is 0.319 e. The van der Waals surface area contributed by atoms with E-state index >= 15 is 4.39 Å². The highest BCUT2D eigenvalue weighted by molar-refractivity contribution is 7.17. The number of piperazine rings is 1. The number of rotatable bonds is 7. The van der Waals surface area contributed by atoms with Crippen LogP contribution >= 0.6 is 11.3 Å². The molecule has 4 heterocycles. The fourth-order valence-electron chi connectivity index (χ4n) is 5.96. The van der Waals surface area contributed by atoms with E-state index in [1.165, 1.54) is 11.0 Å². The molecule has 2 aliphatic rings. The van der Waals surface area contributed by atoms with Crippen molar-refractivity contribution in [2.75, 3.05) is 44.7 Å². The topological polar surface area (TPSA) is 85.6 Å². The summed E-state index contributed by atoms with van der Waals surface area (Å²) < 4.78 is 36.8. The van der Waals surface area contributed by atoms with Gasteiger partial charge in [-0.1, -0.05) is 18.7 Å². The fraction of sp³-hybridized carbons (Fsp3) is 0.355. The predicted octanol–water partition coefficient (Wildman–Crippen LogP) is 5.54. The van der Waals surface area contributed by atoms with Gasteiger partial charge < -0.3 is 19.4 Å². The number of hydrogen-bond donors (Lipinski definition) is 0. The molecule has 0 spiro atoms. The minimum Gasteiger partial charge on any atom is -0.462 e. The number of nitriles is 1. The minimum atomic E-state index is -1.07. The van der Waals surface area contributed by atoms with Crippen LogP contribution in [0, 0.1) is 17.1 Å². The van der Waals surface area contributed by atoms with Crippen molar-refractivity contribution in [1.29, 1.82) is 5.26 Å². The van der Waals surface area contributed by atoms with Crippen molar-refractivity contribution in [2.24, 2.45) is 0 Å². The van der Waals surface area contributed by atoms with Gasteiger partial charge in [-0.25, -0.2) is 8.78 Å². The summed E-state index contributed by atoms with van der Waals surface area (Å²) in [4.78, 5) is 27.4. The number of thiophene rings is 1. The molecule has 2 fully saturated rings. The normalized spacial score (nSPS) is 19.4. The van der Waals surface area contributed by atoms with Gasteiger partial charge in [0.05, 0.1) is 24.0 Å². The number of likely N-dealkylation sites (N-methyl/N-ethyl adjacent to an activating group) is 1. The van der Waals surface area contributed by atoms with Crippen LogP contribution in [0.25, 0.3) is 32.1 Å². The average Bonchev–Trinajstić information content (AvgIpc) is 3.64. The van der Waals surface area contributed by atoms with Gasteiger partial charge in [0.1, 0.15) is 18.2 Å². The zero-order valence-corrected chi connectivity index (χ0v) is 24.0. The second-order valence-corrected chi connectivity index (χ2v) is 11.7. The number of carbonyl (C=O) groups excluding carboxylic acids is 1. The van der Waals surface area contributed by atoms with Crippen LogP contribution in [0.15, 0.2) is 54.2 Å². The maximum atomic E-state index is 15.9. The largest absolute Gasteiger partial charge is 0.462 e. The van der Waals surface area contributed by atoms with Gasteiger partial charge in [0, 0.05) is 46.7 Å². The second-order valence-electron chi connectivity index (χ2n) is 10.8. The maximum Gasteiger partial charge on any atom is 0.319 e. The van der Waals surface area contributed by atoms with Crippen LogP contribution in [0.4, 0.5) is 14.6 Å². The Bertz CT molecular complexity index is 1720. The van der Waals surface area contributed by atoms with Crippen LogP contribution in [0.2, 0.25) is 0 Å². The van der Waals surface area contributed by atoms with Crippen molar-refractivity contribution in [3.63, 3.8) is 0 Å². The van der Waals surface area contributed by atoms with Gasteiger partial charge in [0.2, 0.25) is 0 Å². The molecule has 1 amide bonds. The molecule has 0 bridgehead atoms. The van der Waals surface area contributed by atoms with E-state index in [1.807, 2.05) is 34.5 Å². The number of aromatic nitrogens is 2. The van der Waals surface area contributed by atoms with E-state index in [-0.39, 0.29) is 31.6 Å². The monoisotopic (exact) mass is 588 g/mol. The van der Waals surface area contributed by atoms with Crippen LogP contribution in [0.3, 0.4) is 0 Å². The molecule has 42 heavy (non-hydrogen) atoms. The molecule has 0 saturated carbocycles. The van der Waals surface area contributed by atoms with Crippen molar-refractivity contribution in [3.8, 4) is 23.2 Å². The predicted molar refractivity (Wildman–Crippen MR) is 160 cm³/mol. The number of benzene rings is 2. The number of halogens is 2. The zero-order valence-electron chi connectivity index (χ0n) is 23.2. The second kappa shape index (κ2) is 11.6. The SMILES string of the molecule is C=C(F)C(=O)N1CCN(c2nc(OCC3CCCN3C)nc3cc(-c4cccc5sccc45)c(F)cc23)CC1CC#N. The zero-order chi connectivity index (χ0) is 29.4. The molecule has 8 nitrogen and oxygen atoms in total. The maximum absolute atomic E-state index is 15.9. The van der Waals surface area contributed by atoms with Gasteiger partial charge >= 0.3 is 6.01 Å². The number of fused-ring (bicyclic) bond motifs is 2. The van der Waals surface area contributed by atoms with Crippen molar-refractivity contribution in [3.05, 3.63) is 60.0 Å². The van der Waals surface area contributed by atoms with Crippen LogP contribution in [-0.2, 0) is 4.79 Å². The van der Waals surface area contributed by atoms with Gasteiger partial charge in [-0.05, 0) is 61.6 Å². The standard InChI is InChI=1S/C31H30F2N6O2S/c1-19(32)30(40)39-13-12-38(17-20(39)8-10-34)29-25-15-26(33)24(22-6-3-7-28-23(22)9-14-42-28)16-27(25)35-31(36-29)41-18-21-5-4-11-37(21)2/h3,6-7,9,14-16,20-21H,1,4-5,8,11-13,17-18H2,2H3. The number of hydrogen-bond acceptors (Lipinski definition) is 8. The molecule has 0 aliphatic carbocycles. The van der Waals surface area contributed by atoms with Gasteiger partial charge in [-0.15, -0.1) is 11.3 Å². The summed E-state index contributed by atoms with van der Waals surface area (Å²) in [6, 6.07) is 12.9. The van der Waals surface area contributed by atoms with Crippen molar-refractivity contribution >= 4 is 44.1 Å². The fourth-order valence-corrected chi connectivity index (χ4v) is 6.78. The molecule has 2 atom stereocenters. The Morgan fingerprint density at radius 2 is 2.02 bits per heavy atom. The molecular formula is C31H30F2N6O2S. The van der Waals surface area contributed by atoms with Crippen LogP contribution < -0.4 is 9.64 Å². The van der Waals surface area contributed by atoms with E-state index in [9.17, 15) is 14.4 Å². The van der Waals surface area contributed by atoms with Gasteiger partial charge in [-0.3, -0.25) is 4.79 Å². The number of amides is 1. The third-order valence-electron chi connectivity index (χ3n) is 8.21. The van der Waals surface area contributed by atoms with E-state index in [4.69, 9.17) is 14.7 Å². The Kier molecular flexibility index (Phi) is 7.75. The Morgan fingerprint density at radius 1 is 1.17 bits per heavy atom. The van der Waals surface area contributed by atoms with E-state index in [2.05, 4.69) is 24.6 Å². The van der Waals surface area contributed by atoms with Crippen LogP contribution in [0.1, 0.15) is 19.3 Å². The van der Waals surface area contributed by atoms with Crippen LogP contribution in [0.5, 0.6) is 6.01 Å². The molecule has 2 aromatic carbocycles. The third-order valence-corrected chi connectivity index (χ3v) is 9.09. The molecule has 0 radical (unpaired) electrons. The molecule has 2 aliphatic heterocycles. The summed E-state index contributed by atoms with van der Waals surface area (Å²) >= 11 is 1.60. The lowest BCUT2D eigenvalue weighted by molar-refractivity contribution is -0.131. The van der Waals surface area contributed by atoms with Gasteiger partial charge in [0.15, 0.2) is 5.83 Å². The quantitative estimate of drug-likeness (QED) is 0.262. The highest BCUT2D eigenvalue weighted by Crippen LogP contribution is 2.37. The lowest BCUT2D eigenvalue weighted by Gasteiger charge is -2.41. The molecule has 2 saturated heterocycles. The van der Waals surface area contributed by atoms with Gasteiger partial charge in [-0.2, -0.15) is 15.2 Å². The Balaban J connectivity index is 1.42. The van der Waals surface area contributed by atoms with Crippen molar-refractivity contribution in [2.45, 2.75) is 31.3 Å². The molecule has 0 N–H and O–H groups in total. The number of likely N-dealkylation sites (tertiary alicyclic amines) is 1. The molecule has 4 aromatic rings. The number of ether oxygens (including phenoxy) is 1. The molecule has 2 unspecified atom stereocenters. The minimum absolute atomic E-state index is 0.000928.